The standard InChI is InChI=1S/C14H17NO/c1-11(2)5-7-15-8-6-13-4-3-12(10-16)9-14(13)15/h3-4,6,8-11H,5,7H2,1-2H3. The van der Waals surface area contributed by atoms with Gasteiger partial charge in [-0.1, -0.05) is 26.0 Å². The van der Waals surface area contributed by atoms with Crippen LogP contribution in [0.2, 0.25) is 0 Å². The van der Waals surface area contributed by atoms with E-state index >= 15 is 0 Å². The van der Waals surface area contributed by atoms with E-state index in [1.807, 2.05) is 18.2 Å². The number of carbonyl (C=O) groups excluding carboxylic acids is 1. The average molecular weight is 215 g/mol. The number of carbonyl (C=O) groups is 1. The zero-order valence-corrected chi connectivity index (χ0v) is 9.81. The molecule has 0 spiro atoms. The summed E-state index contributed by atoms with van der Waals surface area (Å²) in [5.41, 5.74) is 1.90. The van der Waals surface area contributed by atoms with Crippen LogP contribution in [0.4, 0.5) is 0 Å². The predicted octanol–water partition coefficient (Wildman–Crippen LogP) is 3.50. The molecule has 1 heterocycles. The van der Waals surface area contributed by atoms with Gasteiger partial charge in [-0.15, -0.1) is 0 Å². The minimum Gasteiger partial charge on any atom is -0.347 e. The van der Waals surface area contributed by atoms with Gasteiger partial charge in [-0.2, -0.15) is 0 Å². The van der Waals surface area contributed by atoms with Gasteiger partial charge in [0.05, 0.1) is 0 Å². The molecule has 0 atom stereocenters. The molecule has 2 rings (SSSR count). The zero-order valence-electron chi connectivity index (χ0n) is 9.81. The minimum absolute atomic E-state index is 0.701. The third-order valence-electron chi connectivity index (χ3n) is 2.88. The lowest BCUT2D eigenvalue weighted by Crippen LogP contribution is -2.00. The van der Waals surface area contributed by atoms with Crippen LogP contribution in [0.5, 0.6) is 0 Å². The van der Waals surface area contributed by atoms with Crippen LogP contribution in [0.3, 0.4) is 0 Å². The maximum absolute atomic E-state index is 10.7. The molecule has 0 saturated heterocycles. The molecule has 84 valence electrons. The molecule has 0 radical (unpaired) electrons. The lowest BCUT2D eigenvalue weighted by molar-refractivity contribution is 0.112. The normalized spacial score (nSPS) is 11.2. The molecule has 0 aliphatic heterocycles. The van der Waals surface area contributed by atoms with Crippen molar-refractivity contribution in [2.24, 2.45) is 5.92 Å². The van der Waals surface area contributed by atoms with Crippen LogP contribution in [0.15, 0.2) is 30.5 Å². The largest absolute Gasteiger partial charge is 0.347 e. The van der Waals surface area contributed by atoms with Gasteiger partial charge in [-0.05, 0) is 29.9 Å². The fraction of sp³-hybridized carbons (Fsp3) is 0.357. The van der Waals surface area contributed by atoms with Crippen LogP contribution in [0.1, 0.15) is 30.6 Å². The maximum Gasteiger partial charge on any atom is 0.150 e. The summed E-state index contributed by atoms with van der Waals surface area (Å²) < 4.78 is 2.22. The molecule has 2 nitrogen and oxygen atoms in total. The Labute approximate surface area is 95.9 Å². The Balaban J connectivity index is 2.34. The van der Waals surface area contributed by atoms with Gasteiger partial charge >= 0.3 is 0 Å². The summed E-state index contributed by atoms with van der Waals surface area (Å²) in [6.07, 6.45) is 4.16. The van der Waals surface area contributed by atoms with Crippen molar-refractivity contribution < 1.29 is 4.79 Å². The van der Waals surface area contributed by atoms with Crippen molar-refractivity contribution in [3.05, 3.63) is 36.0 Å². The van der Waals surface area contributed by atoms with Crippen LogP contribution in [-0.4, -0.2) is 10.9 Å². The van der Waals surface area contributed by atoms with Crippen LogP contribution in [0.25, 0.3) is 10.9 Å². The highest BCUT2D eigenvalue weighted by molar-refractivity contribution is 5.87. The van der Waals surface area contributed by atoms with Gasteiger partial charge < -0.3 is 4.57 Å². The number of rotatable bonds is 4. The fourth-order valence-corrected chi connectivity index (χ4v) is 1.87. The molecule has 16 heavy (non-hydrogen) atoms. The Morgan fingerprint density at radius 2 is 2.12 bits per heavy atom. The van der Waals surface area contributed by atoms with Crippen LogP contribution in [0, 0.1) is 5.92 Å². The molecular weight excluding hydrogens is 198 g/mol. The van der Waals surface area contributed by atoms with Crippen molar-refractivity contribution in [3.8, 4) is 0 Å². The highest BCUT2D eigenvalue weighted by atomic mass is 16.1. The summed E-state index contributed by atoms with van der Waals surface area (Å²) in [6, 6.07) is 7.93. The third-order valence-corrected chi connectivity index (χ3v) is 2.88. The van der Waals surface area contributed by atoms with Crippen molar-refractivity contribution in [2.45, 2.75) is 26.8 Å². The van der Waals surface area contributed by atoms with Gasteiger partial charge in [0, 0.05) is 23.8 Å². The second-order valence-corrected chi connectivity index (χ2v) is 4.63. The average Bonchev–Trinajstić information content (AvgIpc) is 2.68. The highest BCUT2D eigenvalue weighted by Crippen LogP contribution is 2.18. The van der Waals surface area contributed by atoms with E-state index in [4.69, 9.17) is 0 Å². The molecule has 0 aliphatic carbocycles. The Bertz CT molecular complexity index is 496. The van der Waals surface area contributed by atoms with Crippen molar-refractivity contribution in [1.82, 2.24) is 4.57 Å². The summed E-state index contributed by atoms with van der Waals surface area (Å²) >= 11 is 0. The smallest absolute Gasteiger partial charge is 0.150 e. The van der Waals surface area contributed by atoms with Gasteiger partial charge in [0.1, 0.15) is 6.29 Å². The molecule has 0 unspecified atom stereocenters. The first-order valence-corrected chi connectivity index (χ1v) is 5.75. The van der Waals surface area contributed by atoms with Gasteiger partial charge in [-0.3, -0.25) is 4.79 Å². The number of aromatic nitrogens is 1. The van der Waals surface area contributed by atoms with Gasteiger partial charge in [0.25, 0.3) is 0 Å². The van der Waals surface area contributed by atoms with Crippen molar-refractivity contribution in [3.63, 3.8) is 0 Å². The molecule has 0 saturated carbocycles. The SMILES string of the molecule is CC(C)CCn1ccc2ccc(C=O)cc21. The van der Waals surface area contributed by atoms with E-state index in [1.165, 1.54) is 5.39 Å². The predicted molar refractivity (Wildman–Crippen MR) is 66.8 cm³/mol. The Kier molecular flexibility index (Phi) is 3.09. The molecule has 0 bridgehead atoms. The minimum atomic E-state index is 0.701. The number of hydrogen-bond acceptors (Lipinski definition) is 1. The molecule has 0 amide bonds. The third kappa shape index (κ3) is 2.16. The number of aryl methyl sites for hydroxylation is 1. The second-order valence-electron chi connectivity index (χ2n) is 4.63. The van der Waals surface area contributed by atoms with Crippen molar-refractivity contribution in [2.75, 3.05) is 0 Å². The van der Waals surface area contributed by atoms with E-state index < -0.39 is 0 Å². The highest BCUT2D eigenvalue weighted by Gasteiger charge is 2.03. The lowest BCUT2D eigenvalue weighted by Gasteiger charge is -2.07. The van der Waals surface area contributed by atoms with Gasteiger partial charge in [-0.25, -0.2) is 0 Å². The quantitative estimate of drug-likeness (QED) is 0.715. The molecule has 0 fully saturated rings. The summed E-state index contributed by atoms with van der Waals surface area (Å²) in [5.74, 6) is 0.701. The van der Waals surface area contributed by atoms with E-state index in [0.717, 1.165) is 30.3 Å². The van der Waals surface area contributed by atoms with Gasteiger partial charge in [0.15, 0.2) is 0 Å². The number of benzene rings is 1. The number of aldehydes is 1. The molecule has 1 aromatic heterocycles. The lowest BCUT2D eigenvalue weighted by atomic mass is 10.1. The molecule has 0 aliphatic rings. The van der Waals surface area contributed by atoms with E-state index in [0.29, 0.717) is 5.92 Å². The molecule has 2 heteroatoms. The number of fused-ring (bicyclic) bond motifs is 1. The maximum atomic E-state index is 10.7. The monoisotopic (exact) mass is 215 g/mol. The molecule has 2 aromatic rings. The Morgan fingerprint density at radius 3 is 2.81 bits per heavy atom. The first-order chi connectivity index (χ1) is 7.70. The number of hydrogen-bond donors (Lipinski definition) is 0. The first kappa shape index (κ1) is 10.9. The zero-order chi connectivity index (χ0) is 11.5. The van der Waals surface area contributed by atoms with Crippen LogP contribution < -0.4 is 0 Å². The molecular formula is C14H17NO. The van der Waals surface area contributed by atoms with E-state index in [-0.39, 0.29) is 0 Å². The first-order valence-electron chi connectivity index (χ1n) is 5.75. The summed E-state index contributed by atoms with van der Waals surface area (Å²) in [5, 5.41) is 1.20. The number of nitrogens with zero attached hydrogens (tertiary/aromatic N) is 1. The summed E-state index contributed by atoms with van der Waals surface area (Å²) in [6.45, 7) is 5.47. The van der Waals surface area contributed by atoms with E-state index in [2.05, 4.69) is 30.7 Å². The topological polar surface area (TPSA) is 22.0 Å². The fourth-order valence-electron chi connectivity index (χ4n) is 1.87. The van der Waals surface area contributed by atoms with Crippen molar-refractivity contribution >= 4 is 17.2 Å². The summed E-state index contributed by atoms with van der Waals surface area (Å²) in [7, 11) is 0. The Morgan fingerprint density at radius 1 is 1.31 bits per heavy atom. The second kappa shape index (κ2) is 4.52. The van der Waals surface area contributed by atoms with E-state index in [9.17, 15) is 4.79 Å². The molecule has 0 N–H and O–H groups in total. The summed E-state index contributed by atoms with van der Waals surface area (Å²) in [4.78, 5) is 10.7. The van der Waals surface area contributed by atoms with E-state index in [1.54, 1.807) is 0 Å². The molecule has 1 aromatic carbocycles. The van der Waals surface area contributed by atoms with Gasteiger partial charge in [0.2, 0.25) is 0 Å². The van der Waals surface area contributed by atoms with Crippen molar-refractivity contribution in [1.29, 1.82) is 0 Å². The Hall–Kier alpha value is -1.57. The van der Waals surface area contributed by atoms with Crippen LogP contribution >= 0.6 is 0 Å². The van der Waals surface area contributed by atoms with Crippen LogP contribution in [-0.2, 0) is 6.54 Å².